The summed E-state index contributed by atoms with van der Waals surface area (Å²) in [7, 11) is 1.67. The third kappa shape index (κ3) is 3.25. The predicted octanol–water partition coefficient (Wildman–Crippen LogP) is 3.21. The van der Waals surface area contributed by atoms with Crippen LogP contribution in [0.5, 0.6) is 5.75 Å². The van der Waals surface area contributed by atoms with Crippen molar-refractivity contribution in [2.75, 3.05) is 13.7 Å². The lowest BCUT2D eigenvalue weighted by Crippen LogP contribution is -2.13. The molecule has 0 spiro atoms. The van der Waals surface area contributed by atoms with Crippen LogP contribution in [0.25, 0.3) is 0 Å². The number of benzene rings is 2. The molecule has 1 unspecified atom stereocenters. The first kappa shape index (κ1) is 14.6. The Bertz CT molecular complexity index is 456. The summed E-state index contributed by atoms with van der Waals surface area (Å²) in [5.74, 6) is 1.12. The summed E-state index contributed by atoms with van der Waals surface area (Å²) in [6, 6.07) is 18.4. The molecule has 0 aliphatic heterocycles. The highest BCUT2D eigenvalue weighted by molar-refractivity contribution is 5.85. The van der Waals surface area contributed by atoms with Gasteiger partial charge in [0.15, 0.2) is 0 Å². The average Bonchev–Trinajstić information content (AvgIpc) is 2.42. The molecule has 0 aromatic heterocycles. The van der Waals surface area contributed by atoms with Gasteiger partial charge in [-0.05, 0) is 23.3 Å². The molecule has 2 rings (SSSR count). The predicted molar refractivity (Wildman–Crippen MR) is 77.6 cm³/mol. The van der Waals surface area contributed by atoms with Gasteiger partial charge in [-0.25, -0.2) is 0 Å². The number of hydrogen-bond acceptors (Lipinski definition) is 2. The maximum Gasteiger partial charge on any atom is 0.118 e. The summed E-state index contributed by atoms with van der Waals surface area (Å²) in [6.07, 6.45) is 0. The molecule has 2 N–H and O–H groups in total. The molecular formula is C15H18ClNO. The van der Waals surface area contributed by atoms with Crippen molar-refractivity contribution in [2.24, 2.45) is 5.73 Å². The number of ether oxygens (including phenoxy) is 1. The summed E-state index contributed by atoms with van der Waals surface area (Å²) in [5, 5.41) is 0. The minimum Gasteiger partial charge on any atom is -0.497 e. The SMILES string of the molecule is COc1ccc(C(CN)c2ccccc2)cc1.Cl. The molecule has 3 heteroatoms. The van der Waals surface area contributed by atoms with Crippen LogP contribution in [0, 0.1) is 0 Å². The quantitative estimate of drug-likeness (QED) is 0.919. The Morgan fingerprint density at radius 1 is 0.944 bits per heavy atom. The fourth-order valence-electron chi connectivity index (χ4n) is 1.99. The van der Waals surface area contributed by atoms with Crippen LogP contribution in [0.4, 0.5) is 0 Å². The second kappa shape index (κ2) is 7.04. The molecule has 96 valence electrons. The Labute approximate surface area is 114 Å². The summed E-state index contributed by atoms with van der Waals surface area (Å²) in [6.45, 7) is 0.607. The van der Waals surface area contributed by atoms with Crippen LogP contribution in [-0.4, -0.2) is 13.7 Å². The van der Waals surface area contributed by atoms with Gasteiger partial charge in [-0.1, -0.05) is 42.5 Å². The van der Waals surface area contributed by atoms with Gasteiger partial charge in [0.2, 0.25) is 0 Å². The zero-order valence-corrected chi connectivity index (χ0v) is 11.2. The molecule has 0 aliphatic rings. The lowest BCUT2D eigenvalue weighted by molar-refractivity contribution is 0.414. The fourth-order valence-corrected chi connectivity index (χ4v) is 1.99. The number of hydrogen-bond donors (Lipinski definition) is 1. The zero-order valence-electron chi connectivity index (χ0n) is 10.4. The number of halogens is 1. The van der Waals surface area contributed by atoms with Crippen molar-refractivity contribution in [1.82, 2.24) is 0 Å². The van der Waals surface area contributed by atoms with Crippen molar-refractivity contribution in [3.8, 4) is 5.75 Å². The third-order valence-electron chi connectivity index (χ3n) is 2.96. The maximum atomic E-state index is 5.88. The molecular weight excluding hydrogens is 246 g/mol. The Hall–Kier alpha value is -1.51. The molecule has 0 radical (unpaired) electrons. The van der Waals surface area contributed by atoms with Crippen molar-refractivity contribution < 1.29 is 4.74 Å². The molecule has 1 atom stereocenters. The van der Waals surface area contributed by atoms with Crippen LogP contribution >= 0.6 is 12.4 Å². The summed E-state index contributed by atoms with van der Waals surface area (Å²) < 4.78 is 5.16. The number of rotatable bonds is 4. The highest BCUT2D eigenvalue weighted by Gasteiger charge is 2.11. The van der Waals surface area contributed by atoms with Crippen LogP contribution in [-0.2, 0) is 0 Å². The van der Waals surface area contributed by atoms with E-state index >= 15 is 0 Å². The van der Waals surface area contributed by atoms with Gasteiger partial charge < -0.3 is 10.5 Å². The van der Waals surface area contributed by atoms with Gasteiger partial charge in [0.1, 0.15) is 5.75 Å². The summed E-state index contributed by atoms with van der Waals surface area (Å²) in [4.78, 5) is 0. The molecule has 2 nitrogen and oxygen atoms in total. The van der Waals surface area contributed by atoms with Gasteiger partial charge in [-0.15, -0.1) is 12.4 Å². The molecule has 0 saturated heterocycles. The average molecular weight is 264 g/mol. The minimum atomic E-state index is 0. The molecule has 0 bridgehead atoms. The summed E-state index contributed by atoms with van der Waals surface area (Å²) in [5.41, 5.74) is 8.35. The zero-order chi connectivity index (χ0) is 12.1. The summed E-state index contributed by atoms with van der Waals surface area (Å²) >= 11 is 0. The number of nitrogens with two attached hydrogens (primary N) is 1. The molecule has 0 aliphatic carbocycles. The second-order valence-electron chi connectivity index (χ2n) is 3.97. The molecule has 2 aromatic rings. The molecule has 0 heterocycles. The highest BCUT2D eigenvalue weighted by atomic mass is 35.5. The molecule has 0 saturated carbocycles. The lowest BCUT2D eigenvalue weighted by atomic mass is 9.91. The van der Waals surface area contributed by atoms with Crippen LogP contribution in [0.3, 0.4) is 0 Å². The van der Waals surface area contributed by atoms with E-state index in [0.717, 1.165) is 5.75 Å². The molecule has 0 amide bonds. The van der Waals surface area contributed by atoms with E-state index in [0.29, 0.717) is 6.54 Å². The van der Waals surface area contributed by atoms with E-state index in [1.165, 1.54) is 11.1 Å². The highest BCUT2D eigenvalue weighted by Crippen LogP contribution is 2.25. The van der Waals surface area contributed by atoms with Gasteiger partial charge in [-0.3, -0.25) is 0 Å². The topological polar surface area (TPSA) is 35.2 Å². The van der Waals surface area contributed by atoms with Gasteiger partial charge >= 0.3 is 0 Å². The minimum absolute atomic E-state index is 0. The van der Waals surface area contributed by atoms with Crippen molar-refractivity contribution in [3.05, 3.63) is 65.7 Å². The normalized spacial score (nSPS) is 11.4. The first-order chi connectivity index (χ1) is 8.35. The van der Waals surface area contributed by atoms with Crippen molar-refractivity contribution in [3.63, 3.8) is 0 Å². The van der Waals surface area contributed by atoms with E-state index in [4.69, 9.17) is 10.5 Å². The number of methoxy groups -OCH3 is 1. The van der Waals surface area contributed by atoms with Crippen LogP contribution in [0.2, 0.25) is 0 Å². The fraction of sp³-hybridized carbons (Fsp3) is 0.200. The maximum absolute atomic E-state index is 5.88. The molecule has 0 fully saturated rings. The van der Waals surface area contributed by atoms with Crippen molar-refractivity contribution in [2.45, 2.75) is 5.92 Å². The van der Waals surface area contributed by atoms with Crippen LogP contribution < -0.4 is 10.5 Å². The van der Waals surface area contributed by atoms with E-state index in [1.807, 2.05) is 30.3 Å². The van der Waals surface area contributed by atoms with Crippen LogP contribution in [0.15, 0.2) is 54.6 Å². The van der Waals surface area contributed by atoms with E-state index < -0.39 is 0 Å². The van der Waals surface area contributed by atoms with E-state index in [-0.39, 0.29) is 18.3 Å². The molecule has 2 aromatic carbocycles. The standard InChI is InChI=1S/C15H17NO.ClH/c1-17-14-9-7-13(8-10-14)15(11-16)12-5-3-2-4-6-12;/h2-10,15H,11,16H2,1H3;1H. The van der Waals surface area contributed by atoms with E-state index in [2.05, 4.69) is 24.3 Å². The monoisotopic (exact) mass is 263 g/mol. The first-order valence-corrected chi connectivity index (χ1v) is 5.74. The van der Waals surface area contributed by atoms with Gasteiger partial charge in [0, 0.05) is 12.5 Å². The first-order valence-electron chi connectivity index (χ1n) is 5.74. The second-order valence-corrected chi connectivity index (χ2v) is 3.97. The lowest BCUT2D eigenvalue weighted by Gasteiger charge is -2.16. The Morgan fingerprint density at radius 3 is 2.00 bits per heavy atom. The van der Waals surface area contributed by atoms with E-state index in [9.17, 15) is 0 Å². The Morgan fingerprint density at radius 2 is 1.50 bits per heavy atom. The van der Waals surface area contributed by atoms with Gasteiger partial charge in [0.25, 0.3) is 0 Å². The third-order valence-corrected chi connectivity index (χ3v) is 2.96. The Balaban J connectivity index is 0.00000162. The van der Waals surface area contributed by atoms with Crippen molar-refractivity contribution >= 4 is 12.4 Å². The van der Waals surface area contributed by atoms with E-state index in [1.54, 1.807) is 7.11 Å². The molecule has 18 heavy (non-hydrogen) atoms. The van der Waals surface area contributed by atoms with Crippen LogP contribution in [0.1, 0.15) is 17.0 Å². The van der Waals surface area contributed by atoms with Gasteiger partial charge in [-0.2, -0.15) is 0 Å². The Kier molecular flexibility index (Phi) is 5.69. The smallest absolute Gasteiger partial charge is 0.118 e. The van der Waals surface area contributed by atoms with Crippen molar-refractivity contribution in [1.29, 1.82) is 0 Å². The van der Waals surface area contributed by atoms with Gasteiger partial charge in [0.05, 0.1) is 7.11 Å². The largest absolute Gasteiger partial charge is 0.497 e.